The lowest BCUT2D eigenvalue weighted by Crippen LogP contribution is -2.46. The monoisotopic (exact) mass is 398 g/mol. The molecular weight excluding hydrogens is 376 g/mol. The van der Waals surface area contributed by atoms with Crippen molar-refractivity contribution in [3.63, 3.8) is 0 Å². The van der Waals surface area contributed by atoms with Crippen molar-refractivity contribution in [2.75, 3.05) is 13.1 Å². The normalized spacial score (nSPS) is 19.0. The van der Waals surface area contributed by atoms with Crippen molar-refractivity contribution in [2.24, 2.45) is 5.92 Å². The number of thiophene rings is 1. The Morgan fingerprint density at radius 3 is 2.88 bits per heavy atom. The molecule has 0 aliphatic carbocycles. The van der Waals surface area contributed by atoms with Crippen LogP contribution in [0.2, 0.25) is 0 Å². The Balaban J connectivity index is 1.77. The third-order valence-electron chi connectivity index (χ3n) is 4.14. The molecule has 0 unspecified atom stereocenters. The molecule has 1 fully saturated rings. The summed E-state index contributed by atoms with van der Waals surface area (Å²) in [6, 6.07) is 1.59. The number of nitrogens with zero attached hydrogens (tertiary/aromatic N) is 3. The predicted molar refractivity (Wildman–Crippen MR) is 97.1 cm³/mol. The molecule has 26 heavy (non-hydrogen) atoms. The Morgan fingerprint density at radius 2 is 2.23 bits per heavy atom. The second-order valence-electron chi connectivity index (χ2n) is 6.66. The van der Waals surface area contributed by atoms with Gasteiger partial charge in [0.25, 0.3) is 10.0 Å². The summed E-state index contributed by atoms with van der Waals surface area (Å²) in [6.07, 6.45) is 1.36. The van der Waals surface area contributed by atoms with E-state index >= 15 is 0 Å². The number of aryl methyl sites for hydroxylation is 1. The zero-order valence-corrected chi connectivity index (χ0v) is 16.6. The average molecular weight is 399 g/mol. The molecule has 3 heterocycles. The van der Waals surface area contributed by atoms with E-state index in [0.29, 0.717) is 36.7 Å². The van der Waals surface area contributed by atoms with Crippen LogP contribution in [0.4, 0.5) is 0 Å². The molecule has 0 spiro atoms. The average Bonchev–Trinajstić information content (AvgIpc) is 3.23. The maximum absolute atomic E-state index is 13.0. The maximum Gasteiger partial charge on any atom is 0.252 e. The molecule has 0 radical (unpaired) electrons. The summed E-state index contributed by atoms with van der Waals surface area (Å²) in [6.45, 7) is 6.08. The van der Waals surface area contributed by atoms with E-state index in [2.05, 4.69) is 15.5 Å². The molecule has 1 aliphatic rings. The van der Waals surface area contributed by atoms with Crippen LogP contribution in [0.5, 0.6) is 0 Å². The van der Waals surface area contributed by atoms with Gasteiger partial charge in [-0.05, 0) is 32.8 Å². The van der Waals surface area contributed by atoms with Crippen molar-refractivity contribution in [3.05, 3.63) is 17.3 Å². The molecule has 0 saturated carbocycles. The Bertz CT molecular complexity index is 888. The zero-order chi connectivity index (χ0) is 18.9. The van der Waals surface area contributed by atoms with Crippen LogP contribution in [0.1, 0.15) is 32.6 Å². The molecule has 10 heteroatoms. The summed E-state index contributed by atoms with van der Waals surface area (Å²) < 4.78 is 32.5. The number of aromatic nitrogens is 2. The molecule has 1 atom stereocenters. The van der Waals surface area contributed by atoms with Crippen LogP contribution < -0.4 is 5.32 Å². The molecule has 1 saturated heterocycles. The molecule has 2 aromatic heterocycles. The van der Waals surface area contributed by atoms with E-state index in [0.717, 1.165) is 11.3 Å². The summed E-state index contributed by atoms with van der Waals surface area (Å²) in [5.74, 6) is 0.382. The van der Waals surface area contributed by atoms with E-state index in [1.165, 1.54) is 4.31 Å². The van der Waals surface area contributed by atoms with Gasteiger partial charge in [-0.3, -0.25) is 4.79 Å². The minimum atomic E-state index is -3.65. The van der Waals surface area contributed by atoms with Gasteiger partial charge in [-0.25, -0.2) is 8.42 Å². The Labute approximate surface area is 156 Å². The lowest BCUT2D eigenvalue weighted by atomic mass is 9.98. The minimum Gasteiger partial charge on any atom is -0.354 e. The number of carbonyl (C=O) groups excluding carboxylic acids is 1. The van der Waals surface area contributed by atoms with Crippen LogP contribution in [-0.2, 0) is 14.8 Å². The first-order valence-corrected chi connectivity index (χ1v) is 10.8. The molecule has 8 nitrogen and oxygen atoms in total. The fourth-order valence-corrected chi connectivity index (χ4v) is 5.72. The van der Waals surface area contributed by atoms with Gasteiger partial charge in [0.2, 0.25) is 17.6 Å². The number of carbonyl (C=O) groups is 1. The second-order valence-corrected chi connectivity index (χ2v) is 9.73. The van der Waals surface area contributed by atoms with Gasteiger partial charge >= 0.3 is 0 Å². The highest BCUT2D eigenvalue weighted by molar-refractivity contribution is 7.91. The number of hydrogen-bond donors (Lipinski definition) is 1. The van der Waals surface area contributed by atoms with Crippen LogP contribution >= 0.6 is 11.3 Å². The number of hydrogen-bond acceptors (Lipinski definition) is 7. The van der Waals surface area contributed by atoms with Gasteiger partial charge < -0.3 is 9.84 Å². The summed E-state index contributed by atoms with van der Waals surface area (Å²) >= 11 is 1.12. The van der Waals surface area contributed by atoms with Crippen molar-refractivity contribution in [2.45, 2.75) is 43.9 Å². The summed E-state index contributed by atoms with van der Waals surface area (Å²) in [7, 11) is -3.65. The van der Waals surface area contributed by atoms with Crippen molar-refractivity contribution in [1.82, 2.24) is 19.8 Å². The first-order chi connectivity index (χ1) is 12.3. The van der Waals surface area contributed by atoms with Crippen LogP contribution in [0.25, 0.3) is 11.4 Å². The Hall–Kier alpha value is -1.78. The van der Waals surface area contributed by atoms with E-state index in [1.54, 1.807) is 18.4 Å². The first-order valence-electron chi connectivity index (χ1n) is 8.47. The second kappa shape index (κ2) is 7.45. The number of nitrogens with one attached hydrogen (secondary N) is 1. The molecule has 2 aromatic rings. The SMILES string of the molecule is Cc1nc(-c2csc(S(=O)(=O)N3CCC[C@@H](C(=O)NC(C)C)C3)c2)no1. The molecule has 0 bridgehead atoms. The highest BCUT2D eigenvalue weighted by Gasteiger charge is 2.34. The largest absolute Gasteiger partial charge is 0.354 e. The van der Waals surface area contributed by atoms with Gasteiger partial charge in [0.1, 0.15) is 4.21 Å². The third kappa shape index (κ3) is 3.97. The number of amides is 1. The lowest BCUT2D eigenvalue weighted by molar-refractivity contribution is -0.126. The Kier molecular flexibility index (Phi) is 5.44. The highest BCUT2D eigenvalue weighted by Crippen LogP contribution is 2.31. The number of sulfonamides is 1. The van der Waals surface area contributed by atoms with Crippen LogP contribution in [0, 0.1) is 12.8 Å². The van der Waals surface area contributed by atoms with E-state index in [9.17, 15) is 13.2 Å². The quantitative estimate of drug-likeness (QED) is 0.826. The minimum absolute atomic E-state index is 0.0350. The molecule has 1 aliphatic heterocycles. The van der Waals surface area contributed by atoms with Crippen LogP contribution in [0.3, 0.4) is 0 Å². The predicted octanol–water partition coefficient (Wildman–Crippen LogP) is 2.03. The van der Waals surface area contributed by atoms with Crippen molar-refractivity contribution in [1.29, 1.82) is 0 Å². The smallest absolute Gasteiger partial charge is 0.252 e. The van der Waals surface area contributed by atoms with Gasteiger partial charge in [-0.15, -0.1) is 11.3 Å². The summed E-state index contributed by atoms with van der Waals surface area (Å²) in [5, 5.41) is 8.38. The van der Waals surface area contributed by atoms with Gasteiger partial charge in [-0.2, -0.15) is 9.29 Å². The molecule has 3 rings (SSSR count). The molecule has 1 N–H and O–H groups in total. The molecular formula is C16H22N4O4S2. The van der Waals surface area contributed by atoms with Gasteiger partial charge in [0.15, 0.2) is 0 Å². The molecule has 142 valence electrons. The summed E-state index contributed by atoms with van der Waals surface area (Å²) in [4.78, 5) is 16.4. The van der Waals surface area contributed by atoms with Crippen molar-refractivity contribution < 1.29 is 17.7 Å². The van der Waals surface area contributed by atoms with Gasteiger partial charge in [0.05, 0.1) is 5.92 Å². The lowest BCUT2D eigenvalue weighted by Gasteiger charge is -2.31. The van der Waals surface area contributed by atoms with Crippen molar-refractivity contribution in [3.8, 4) is 11.4 Å². The third-order valence-corrected chi connectivity index (χ3v) is 7.42. The van der Waals surface area contributed by atoms with E-state index in [1.807, 2.05) is 13.8 Å². The van der Waals surface area contributed by atoms with Crippen LogP contribution in [0.15, 0.2) is 20.2 Å². The maximum atomic E-state index is 13.0. The number of piperidine rings is 1. The highest BCUT2D eigenvalue weighted by atomic mass is 32.2. The van der Waals surface area contributed by atoms with E-state index in [-0.39, 0.29) is 28.6 Å². The summed E-state index contributed by atoms with van der Waals surface area (Å²) in [5.41, 5.74) is 0.608. The van der Waals surface area contributed by atoms with Gasteiger partial charge in [-0.1, -0.05) is 5.16 Å². The Morgan fingerprint density at radius 1 is 1.46 bits per heavy atom. The standard InChI is InChI=1S/C16H22N4O4S2/c1-10(2)17-16(21)12-5-4-6-20(8-12)26(22,23)14-7-13(9-25-14)15-18-11(3)24-19-15/h7,9-10,12H,4-6,8H2,1-3H3,(H,17,21)/t12-/m1/s1. The van der Waals surface area contributed by atoms with Crippen LogP contribution in [-0.4, -0.2) is 47.9 Å². The fraction of sp³-hybridized carbons (Fsp3) is 0.562. The fourth-order valence-electron chi connectivity index (χ4n) is 2.89. The molecule has 1 amide bonds. The van der Waals surface area contributed by atoms with Gasteiger partial charge in [0, 0.05) is 37.0 Å². The number of rotatable bonds is 5. The van der Waals surface area contributed by atoms with Crippen molar-refractivity contribution >= 4 is 27.3 Å². The molecule has 0 aromatic carbocycles. The first kappa shape index (κ1) is 19.0. The topological polar surface area (TPSA) is 105 Å². The van der Waals surface area contributed by atoms with E-state index < -0.39 is 10.0 Å². The zero-order valence-electron chi connectivity index (χ0n) is 14.9. The van der Waals surface area contributed by atoms with E-state index in [4.69, 9.17) is 4.52 Å².